The molecule has 86 valence electrons. The van der Waals surface area contributed by atoms with Crippen LogP contribution in [0, 0.1) is 0 Å². The number of nitrogens with one attached hydrogen (secondary N) is 1. The van der Waals surface area contributed by atoms with Crippen molar-refractivity contribution in [3.63, 3.8) is 0 Å². The van der Waals surface area contributed by atoms with E-state index in [2.05, 4.69) is 5.32 Å². The fourth-order valence-electron chi connectivity index (χ4n) is 2.23. The largest absolute Gasteiger partial charge is 0.394 e. The van der Waals surface area contributed by atoms with E-state index in [1.165, 1.54) is 0 Å². The van der Waals surface area contributed by atoms with Gasteiger partial charge in [-0.25, -0.2) is 0 Å². The van der Waals surface area contributed by atoms with Gasteiger partial charge >= 0.3 is 0 Å². The standard InChI is InChI=1S/C11H20N2O2/c1-9(12-11(8-14)4-5-11)10(15)13-6-2-3-7-13/h9,12,14H,2-8H2,1H3. The molecule has 0 aromatic carbocycles. The first-order valence-electron chi connectivity index (χ1n) is 5.84. The van der Waals surface area contributed by atoms with Gasteiger partial charge in [0, 0.05) is 18.6 Å². The maximum absolute atomic E-state index is 11.9. The number of aliphatic hydroxyl groups excluding tert-OH is 1. The molecular weight excluding hydrogens is 192 g/mol. The minimum Gasteiger partial charge on any atom is -0.394 e. The van der Waals surface area contributed by atoms with Crippen molar-refractivity contribution in [1.29, 1.82) is 0 Å². The van der Waals surface area contributed by atoms with Gasteiger partial charge in [-0.15, -0.1) is 0 Å². The van der Waals surface area contributed by atoms with Crippen LogP contribution in [-0.4, -0.2) is 47.2 Å². The first kappa shape index (κ1) is 10.9. The summed E-state index contributed by atoms with van der Waals surface area (Å²) in [5, 5.41) is 12.4. The van der Waals surface area contributed by atoms with Crippen molar-refractivity contribution < 1.29 is 9.90 Å². The van der Waals surface area contributed by atoms with Crippen LogP contribution in [0.1, 0.15) is 32.6 Å². The molecule has 15 heavy (non-hydrogen) atoms. The summed E-state index contributed by atoms with van der Waals surface area (Å²) in [6, 6.07) is -0.155. The Hall–Kier alpha value is -0.610. The molecular formula is C11H20N2O2. The van der Waals surface area contributed by atoms with Crippen molar-refractivity contribution in [2.24, 2.45) is 0 Å². The Morgan fingerprint density at radius 1 is 1.47 bits per heavy atom. The molecule has 1 unspecified atom stereocenters. The average molecular weight is 212 g/mol. The van der Waals surface area contributed by atoms with E-state index in [0.29, 0.717) is 0 Å². The Morgan fingerprint density at radius 3 is 2.53 bits per heavy atom. The zero-order valence-corrected chi connectivity index (χ0v) is 9.33. The predicted molar refractivity (Wildman–Crippen MR) is 57.5 cm³/mol. The molecule has 0 radical (unpaired) electrons. The second-order valence-corrected chi connectivity index (χ2v) is 4.84. The molecule has 2 rings (SSSR count). The highest BCUT2D eigenvalue weighted by atomic mass is 16.3. The van der Waals surface area contributed by atoms with E-state index in [4.69, 9.17) is 5.11 Å². The highest BCUT2D eigenvalue weighted by molar-refractivity contribution is 5.81. The Balaban J connectivity index is 1.84. The van der Waals surface area contributed by atoms with Crippen LogP contribution in [0.15, 0.2) is 0 Å². The fraction of sp³-hybridized carbons (Fsp3) is 0.909. The zero-order valence-electron chi connectivity index (χ0n) is 9.33. The molecule has 1 heterocycles. The first-order valence-corrected chi connectivity index (χ1v) is 5.84. The topological polar surface area (TPSA) is 52.6 Å². The van der Waals surface area contributed by atoms with Gasteiger partial charge in [-0.3, -0.25) is 10.1 Å². The Kier molecular flexibility index (Phi) is 2.98. The third-order valence-corrected chi connectivity index (χ3v) is 3.47. The van der Waals surface area contributed by atoms with Gasteiger partial charge in [0.2, 0.25) is 5.91 Å². The van der Waals surface area contributed by atoms with Crippen LogP contribution < -0.4 is 5.32 Å². The van der Waals surface area contributed by atoms with E-state index in [-0.39, 0.29) is 24.1 Å². The van der Waals surface area contributed by atoms with Crippen LogP contribution in [0.2, 0.25) is 0 Å². The number of amides is 1. The summed E-state index contributed by atoms with van der Waals surface area (Å²) in [4.78, 5) is 13.9. The molecule has 4 heteroatoms. The van der Waals surface area contributed by atoms with Gasteiger partial charge in [-0.2, -0.15) is 0 Å². The molecule has 1 atom stereocenters. The number of nitrogens with zero attached hydrogens (tertiary/aromatic N) is 1. The van der Waals surface area contributed by atoms with Crippen molar-refractivity contribution in [2.75, 3.05) is 19.7 Å². The van der Waals surface area contributed by atoms with Gasteiger partial charge < -0.3 is 10.0 Å². The van der Waals surface area contributed by atoms with Crippen LogP contribution in [-0.2, 0) is 4.79 Å². The van der Waals surface area contributed by atoms with Crippen molar-refractivity contribution in [2.45, 2.75) is 44.2 Å². The molecule has 2 N–H and O–H groups in total. The van der Waals surface area contributed by atoms with Gasteiger partial charge in [0.15, 0.2) is 0 Å². The smallest absolute Gasteiger partial charge is 0.239 e. The number of hydrogen-bond donors (Lipinski definition) is 2. The number of rotatable bonds is 4. The zero-order chi connectivity index (χ0) is 10.9. The lowest BCUT2D eigenvalue weighted by atomic mass is 10.2. The lowest BCUT2D eigenvalue weighted by Gasteiger charge is -2.24. The molecule has 1 saturated carbocycles. The van der Waals surface area contributed by atoms with E-state index < -0.39 is 0 Å². The minimum absolute atomic E-state index is 0.143. The summed E-state index contributed by atoms with van der Waals surface area (Å²) in [6.07, 6.45) is 4.23. The molecule has 0 aromatic heterocycles. The third-order valence-electron chi connectivity index (χ3n) is 3.47. The quantitative estimate of drug-likeness (QED) is 0.695. The summed E-state index contributed by atoms with van der Waals surface area (Å²) in [5.74, 6) is 0.187. The third kappa shape index (κ3) is 2.32. The van der Waals surface area contributed by atoms with E-state index >= 15 is 0 Å². The molecule has 1 saturated heterocycles. The van der Waals surface area contributed by atoms with Gasteiger partial charge in [0.05, 0.1) is 12.6 Å². The van der Waals surface area contributed by atoms with Gasteiger partial charge in [0.25, 0.3) is 0 Å². The lowest BCUT2D eigenvalue weighted by molar-refractivity contribution is -0.132. The highest BCUT2D eigenvalue weighted by Gasteiger charge is 2.44. The maximum Gasteiger partial charge on any atom is 0.239 e. The van der Waals surface area contributed by atoms with Crippen LogP contribution in [0.5, 0.6) is 0 Å². The highest BCUT2D eigenvalue weighted by Crippen LogP contribution is 2.35. The molecule has 1 aliphatic carbocycles. The maximum atomic E-state index is 11.9. The minimum atomic E-state index is -0.155. The number of aliphatic hydroxyl groups is 1. The van der Waals surface area contributed by atoms with E-state index in [1.54, 1.807) is 0 Å². The van der Waals surface area contributed by atoms with Gasteiger partial charge in [0.1, 0.15) is 0 Å². The summed E-state index contributed by atoms with van der Waals surface area (Å²) in [7, 11) is 0. The molecule has 1 amide bonds. The summed E-state index contributed by atoms with van der Waals surface area (Å²) in [6.45, 7) is 3.84. The second-order valence-electron chi connectivity index (χ2n) is 4.84. The Bertz CT molecular complexity index is 245. The average Bonchev–Trinajstić information content (AvgIpc) is 2.81. The monoisotopic (exact) mass is 212 g/mol. The Labute approximate surface area is 90.6 Å². The molecule has 2 aliphatic rings. The normalized spacial score (nSPS) is 25.3. The predicted octanol–water partition coefficient (Wildman–Crippen LogP) is 0.112. The van der Waals surface area contributed by atoms with Crippen molar-refractivity contribution in [3.05, 3.63) is 0 Å². The Morgan fingerprint density at radius 2 is 2.07 bits per heavy atom. The van der Waals surface area contributed by atoms with Crippen molar-refractivity contribution in [3.8, 4) is 0 Å². The molecule has 0 aromatic rings. The van der Waals surface area contributed by atoms with Gasteiger partial charge in [-0.05, 0) is 32.6 Å². The fourth-order valence-corrected chi connectivity index (χ4v) is 2.23. The van der Waals surface area contributed by atoms with Crippen LogP contribution in [0.25, 0.3) is 0 Å². The lowest BCUT2D eigenvalue weighted by Crippen LogP contribution is -2.49. The molecule has 0 bridgehead atoms. The number of likely N-dealkylation sites (tertiary alicyclic amines) is 1. The molecule has 4 nitrogen and oxygen atoms in total. The van der Waals surface area contributed by atoms with E-state index in [1.807, 2.05) is 11.8 Å². The number of hydrogen-bond acceptors (Lipinski definition) is 3. The second kappa shape index (κ2) is 4.10. The van der Waals surface area contributed by atoms with Crippen molar-refractivity contribution >= 4 is 5.91 Å². The molecule has 0 spiro atoms. The summed E-state index contributed by atoms with van der Waals surface area (Å²) >= 11 is 0. The molecule has 2 fully saturated rings. The van der Waals surface area contributed by atoms with E-state index in [9.17, 15) is 4.79 Å². The van der Waals surface area contributed by atoms with Crippen molar-refractivity contribution in [1.82, 2.24) is 10.2 Å². The SMILES string of the molecule is CC(NC1(CO)CC1)C(=O)N1CCCC1. The van der Waals surface area contributed by atoms with Crippen LogP contribution >= 0.6 is 0 Å². The molecule has 1 aliphatic heterocycles. The number of carbonyl (C=O) groups excluding carboxylic acids is 1. The number of carbonyl (C=O) groups is 1. The van der Waals surface area contributed by atoms with Gasteiger partial charge in [-0.1, -0.05) is 0 Å². The van der Waals surface area contributed by atoms with E-state index in [0.717, 1.165) is 38.8 Å². The summed E-state index contributed by atoms with van der Waals surface area (Å²) in [5.41, 5.74) is -0.144. The first-order chi connectivity index (χ1) is 7.17. The summed E-state index contributed by atoms with van der Waals surface area (Å²) < 4.78 is 0. The van der Waals surface area contributed by atoms with Crippen LogP contribution in [0.3, 0.4) is 0 Å². The van der Waals surface area contributed by atoms with Crippen LogP contribution in [0.4, 0.5) is 0 Å².